The first kappa shape index (κ1) is 16.9. The van der Waals surface area contributed by atoms with Gasteiger partial charge < -0.3 is 5.32 Å². The molecule has 1 fully saturated rings. The van der Waals surface area contributed by atoms with Crippen LogP contribution in [0.15, 0.2) is 24.3 Å². The number of nitrogens with zero attached hydrogens (tertiary/aromatic N) is 3. The topological polar surface area (TPSA) is 75.2 Å². The smallest absolute Gasteiger partial charge is 0.229 e. The molecule has 0 saturated carbocycles. The van der Waals surface area contributed by atoms with Crippen molar-refractivity contribution in [1.29, 1.82) is 0 Å². The van der Waals surface area contributed by atoms with Crippen LogP contribution in [0.1, 0.15) is 17.0 Å². The van der Waals surface area contributed by atoms with Crippen LogP contribution in [0.3, 0.4) is 0 Å². The summed E-state index contributed by atoms with van der Waals surface area (Å²) in [6, 6.07) is 7.56. The molecule has 1 aromatic heterocycles. The highest BCUT2D eigenvalue weighted by Crippen LogP contribution is 2.27. The van der Waals surface area contributed by atoms with Crippen molar-refractivity contribution < 1.29 is 9.59 Å². The summed E-state index contributed by atoms with van der Waals surface area (Å²) in [5, 5.41) is 12.8. The first-order valence-corrected chi connectivity index (χ1v) is 8.85. The molecule has 24 heavy (non-hydrogen) atoms. The lowest BCUT2D eigenvalue weighted by Crippen LogP contribution is -2.34. The maximum atomic E-state index is 12.3. The minimum Gasteiger partial charge on any atom is -0.355 e. The summed E-state index contributed by atoms with van der Waals surface area (Å²) in [6.45, 7) is 2.68. The Balaban J connectivity index is 1.53. The monoisotopic (exact) mass is 364 g/mol. The lowest BCUT2D eigenvalue weighted by atomic mass is 10.1. The molecular formula is C16H17ClN4O2S. The zero-order valence-corrected chi connectivity index (χ0v) is 14.7. The predicted molar refractivity (Wildman–Crippen MR) is 93.3 cm³/mol. The molecule has 1 unspecified atom stereocenters. The van der Waals surface area contributed by atoms with Gasteiger partial charge in [-0.15, -0.1) is 10.2 Å². The third-order valence-corrected chi connectivity index (χ3v) is 5.12. The van der Waals surface area contributed by atoms with Crippen LogP contribution in [0, 0.1) is 12.8 Å². The van der Waals surface area contributed by atoms with Gasteiger partial charge in [-0.05, 0) is 25.0 Å². The molecule has 126 valence electrons. The highest BCUT2D eigenvalue weighted by molar-refractivity contribution is 7.15. The number of aryl methyl sites for hydroxylation is 1. The summed E-state index contributed by atoms with van der Waals surface area (Å²) in [6.07, 6.45) is 0.863. The van der Waals surface area contributed by atoms with E-state index in [2.05, 4.69) is 15.5 Å². The second-order valence-electron chi connectivity index (χ2n) is 5.64. The van der Waals surface area contributed by atoms with Crippen molar-refractivity contribution in [1.82, 2.24) is 15.5 Å². The molecule has 8 heteroatoms. The van der Waals surface area contributed by atoms with Crippen LogP contribution >= 0.6 is 22.9 Å². The van der Waals surface area contributed by atoms with Gasteiger partial charge in [0.25, 0.3) is 0 Å². The van der Waals surface area contributed by atoms with E-state index < -0.39 is 0 Å². The lowest BCUT2D eigenvalue weighted by Gasteiger charge is -2.13. The number of hydrogen-bond acceptors (Lipinski definition) is 5. The van der Waals surface area contributed by atoms with Crippen molar-refractivity contribution in [3.63, 3.8) is 0 Å². The molecule has 1 aliphatic heterocycles. The summed E-state index contributed by atoms with van der Waals surface area (Å²) >= 11 is 7.45. The molecule has 3 rings (SSSR count). The minimum atomic E-state index is -0.354. The van der Waals surface area contributed by atoms with E-state index in [0.29, 0.717) is 29.7 Å². The van der Waals surface area contributed by atoms with Gasteiger partial charge in [0.2, 0.25) is 16.9 Å². The van der Waals surface area contributed by atoms with E-state index in [1.54, 1.807) is 4.90 Å². The van der Waals surface area contributed by atoms with Gasteiger partial charge in [0.15, 0.2) is 0 Å². The number of halogens is 1. The zero-order valence-electron chi connectivity index (χ0n) is 13.2. The van der Waals surface area contributed by atoms with Gasteiger partial charge >= 0.3 is 0 Å². The van der Waals surface area contributed by atoms with Crippen LogP contribution in [-0.4, -0.2) is 35.1 Å². The largest absolute Gasteiger partial charge is 0.355 e. The fourth-order valence-corrected chi connectivity index (χ4v) is 3.57. The van der Waals surface area contributed by atoms with E-state index in [9.17, 15) is 9.59 Å². The molecule has 2 aromatic rings. The number of benzene rings is 1. The van der Waals surface area contributed by atoms with E-state index in [1.807, 2.05) is 31.2 Å². The van der Waals surface area contributed by atoms with Crippen LogP contribution in [0.5, 0.6) is 0 Å². The van der Waals surface area contributed by atoms with Crippen LogP contribution in [-0.2, 0) is 16.0 Å². The van der Waals surface area contributed by atoms with Crippen LogP contribution in [0.2, 0.25) is 5.02 Å². The molecule has 1 N–H and O–H groups in total. The van der Waals surface area contributed by atoms with Gasteiger partial charge in [-0.25, -0.2) is 0 Å². The molecule has 0 spiro atoms. The molecule has 0 bridgehead atoms. The van der Waals surface area contributed by atoms with E-state index in [4.69, 9.17) is 11.6 Å². The first-order valence-electron chi connectivity index (χ1n) is 7.66. The predicted octanol–water partition coefficient (Wildman–Crippen LogP) is 2.21. The van der Waals surface area contributed by atoms with Crippen molar-refractivity contribution in [2.75, 3.05) is 18.0 Å². The van der Waals surface area contributed by atoms with Gasteiger partial charge in [-0.1, -0.05) is 41.1 Å². The van der Waals surface area contributed by atoms with Crippen molar-refractivity contribution >= 4 is 39.9 Å². The normalized spacial score (nSPS) is 17.3. The fourth-order valence-electron chi connectivity index (χ4n) is 2.63. The van der Waals surface area contributed by atoms with E-state index in [1.165, 1.54) is 11.3 Å². The standard InChI is InChI=1S/C16H17ClN4O2S/c1-10-19-20-16(24-10)21-9-12(8-14(21)22)15(23)18-7-6-11-4-2-3-5-13(11)17/h2-5,12H,6-9H2,1H3,(H,18,23). The first-order chi connectivity index (χ1) is 11.5. The van der Waals surface area contributed by atoms with Gasteiger partial charge in [0, 0.05) is 24.5 Å². The maximum absolute atomic E-state index is 12.3. The Morgan fingerprint density at radius 1 is 1.42 bits per heavy atom. The highest BCUT2D eigenvalue weighted by Gasteiger charge is 2.36. The third kappa shape index (κ3) is 3.73. The summed E-state index contributed by atoms with van der Waals surface area (Å²) in [7, 11) is 0. The Morgan fingerprint density at radius 3 is 2.92 bits per heavy atom. The fraction of sp³-hybridized carbons (Fsp3) is 0.375. The number of anilines is 1. The van der Waals surface area contributed by atoms with Crippen molar-refractivity contribution in [3.05, 3.63) is 39.9 Å². The van der Waals surface area contributed by atoms with E-state index in [0.717, 1.165) is 10.6 Å². The third-order valence-electron chi connectivity index (χ3n) is 3.89. The zero-order chi connectivity index (χ0) is 17.1. The van der Waals surface area contributed by atoms with Crippen molar-refractivity contribution in [2.45, 2.75) is 19.8 Å². The molecule has 1 atom stereocenters. The molecule has 2 amide bonds. The second kappa shape index (κ2) is 7.27. The highest BCUT2D eigenvalue weighted by atomic mass is 35.5. The minimum absolute atomic E-state index is 0.0857. The Bertz CT molecular complexity index is 764. The van der Waals surface area contributed by atoms with Gasteiger partial charge in [0.05, 0.1) is 5.92 Å². The summed E-state index contributed by atoms with van der Waals surface area (Å²) in [5.74, 6) is -0.551. The number of hydrogen-bond donors (Lipinski definition) is 1. The van der Waals surface area contributed by atoms with Crippen LogP contribution in [0.25, 0.3) is 0 Å². The molecule has 1 aromatic carbocycles. The lowest BCUT2D eigenvalue weighted by molar-refractivity contribution is -0.126. The Morgan fingerprint density at radius 2 is 2.21 bits per heavy atom. The average Bonchev–Trinajstić information content (AvgIpc) is 3.15. The summed E-state index contributed by atoms with van der Waals surface area (Å²) in [4.78, 5) is 25.9. The van der Waals surface area contributed by atoms with E-state index in [-0.39, 0.29) is 24.2 Å². The number of nitrogens with one attached hydrogen (secondary N) is 1. The number of aromatic nitrogens is 2. The van der Waals surface area contributed by atoms with Crippen LogP contribution in [0.4, 0.5) is 5.13 Å². The Kier molecular flexibility index (Phi) is 5.11. The van der Waals surface area contributed by atoms with Crippen molar-refractivity contribution in [2.24, 2.45) is 5.92 Å². The molecule has 1 aliphatic rings. The van der Waals surface area contributed by atoms with Gasteiger partial charge in [0.1, 0.15) is 5.01 Å². The average molecular weight is 365 g/mol. The van der Waals surface area contributed by atoms with Gasteiger partial charge in [-0.3, -0.25) is 14.5 Å². The number of carbonyl (C=O) groups excluding carboxylic acids is 2. The molecule has 2 heterocycles. The van der Waals surface area contributed by atoms with Crippen LogP contribution < -0.4 is 10.2 Å². The molecule has 1 saturated heterocycles. The number of amides is 2. The molecule has 6 nitrogen and oxygen atoms in total. The number of rotatable bonds is 5. The van der Waals surface area contributed by atoms with Gasteiger partial charge in [-0.2, -0.15) is 0 Å². The Labute approximate surface area is 148 Å². The SMILES string of the molecule is Cc1nnc(N2CC(C(=O)NCCc3ccccc3Cl)CC2=O)s1. The summed E-state index contributed by atoms with van der Waals surface area (Å²) < 4.78 is 0. The van der Waals surface area contributed by atoms with Crippen molar-refractivity contribution in [3.8, 4) is 0 Å². The summed E-state index contributed by atoms with van der Waals surface area (Å²) in [5.41, 5.74) is 0.993. The maximum Gasteiger partial charge on any atom is 0.229 e. The Hall–Kier alpha value is -1.99. The molecular weight excluding hydrogens is 348 g/mol. The molecule has 0 radical (unpaired) electrons. The molecule has 0 aliphatic carbocycles. The number of carbonyl (C=O) groups is 2. The quantitative estimate of drug-likeness (QED) is 0.882. The van der Waals surface area contributed by atoms with E-state index >= 15 is 0 Å². The second-order valence-corrected chi connectivity index (χ2v) is 7.21.